The molecular weight excluding hydrogens is 114 g/mol. The number of ether oxygens (including phenoxy) is 1. The highest BCUT2D eigenvalue weighted by Crippen LogP contribution is 2.03. The molecule has 47 valence electrons. The van der Waals surface area contributed by atoms with Gasteiger partial charge in [-0.1, -0.05) is 6.07 Å². The smallest absolute Gasteiger partial charge is 0.213 e. The topological polar surface area (TPSA) is 22.1 Å². The van der Waals surface area contributed by atoms with Crippen LogP contribution in [0.25, 0.3) is 0 Å². The first-order valence-electron chi connectivity index (χ1n) is 2.72. The van der Waals surface area contributed by atoms with Gasteiger partial charge in [-0.05, 0) is 12.5 Å². The van der Waals surface area contributed by atoms with Gasteiger partial charge >= 0.3 is 0 Å². The van der Waals surface area contributed by atoms with Crippen molar-refractivity contribution in [1.82, 2.24) is 4.98 Å². The molecule has 0 fully saturated rings. The van der Waals surface area contributed by atoms with Gasteiger partial charge < -0.3 is 4.74 Å². The van der Waals surface area contributed by atoms with Crippen molar-refractivity contribution in [3.63, 3.8) is 0 Å². The molecule has 9 heavy (non-hydrogen) atoms. The number of aryl methyl sites for hydroxylation is 1. The molecule has 0 aromatic carbocycles. The van der Waals surface area contributed by atoms with Gasteiger partial charge in [-0.3, -0.25) is 0 Å². The Labute approximate surface area is 54.5 Å². The van der Waals surface area contributed by atoms with Gasteiger partial charge in [0.05, 0.1) is 13.3 Å². The third-order valence-corrected chi connectivity index (χ3v) is 1.03. The largest absolute Gasteiger partial charge is 0.481 e. The van der Waals surface area contributed by atoms with E-state index in [2.05, 4.69) is 11.2 Å². The average molecular weight is 122 g/mol. The Hall–Kier alpha value is -1.05. The highest BCUT2D eigenvalue weighted by Gasteiger charge is 1.88. The lowest BCUT2D eigenvalue weighted by Crippen LogP contribution is -1.86. The summed E-state index contributed by atoms with van der Waals surface area (Å²) in [6.07, 6.45) is 2.78. The molecule has 1 aromatic rings. The van der Waals surface area contributed by atoms with Gasteiger partial charge in [-0.15, -0.1) is 0 Å². The van der Waals surface area contributed by atoms with E-state index in [0.29, 0.717) is 5.88 Å². The van der Waals surface area contributed by atoms with Crippen LogP contribution in [0.2, 0.25) is 0 Å². The maximum absolute atomic E-state index is 4.83. The number of rotatable bonds is 1. The van der Waals surface area contributed by atoms with Gasteiger partial charge in [0.25, 0.3) is 0 Å². The standard InChI is InChI=1S/C7H8NO/c1-6-3-4-7(9-2)8-5-6/h3-4H,1-2H3. The summed E-state index contributed by atoms with van der Waals surface area (Å²) in [5, 5.41) is 0. The van der Waals surface area contributed by atoms with Crippen molar-refractivity contribution in [3.05, 3.63) is 23.9 Å². The fraction of sp³-hybridized carbons (Fsp3) is 0.286. The van der Waals surface area contributed by atoms with Crippen molar-refractivity contribution in [2.75, 3.05) is 7.11 Å². The van der Waals surface area contributed by atoms with E-state index in [-0.39, 0.29) is 0 Å². The maximum Gasteiger partial charge on any atom is 0.213 e. The molecule has 0 saturated heterocycles. The molecule has 0 N–H and O–H groups in total. The molecule has 2 heteroatoms. The minimum atomic E-state index is 0.612. The van der Waals surface area contributed by atoms with Crippen LogP contribution < -0.4 is 4.74 Å². The van der Waals surface area contributed by atoms with Gasteiger partial charge in [0.2, 0.25) is 5.88 Å². The Morgan fingerprint density at radius 1 is 1.56 bits per heavy atom. The quantitative estimate of drug-likeness (QED) is 0.558. The van der Waals surface area contributed by atoms with Gasteiger partial charge in [-0.25, -0.2) is 4.98 Å². The molecule has 0 spiro atoms. The van der Waals surface area contributed by atoms with Crippen molar-refractivity contribution in [3.8, 4) is 5.88 Å². The zero-order valence-corrected chi connectivity index (χ0v) is 5.51. The molecule has 1 heterocycles. The van der Waals surface area contributed by atoms with Crippen molar-refractivity contribution in [2.24, 2.45) is 0 Å². The van der Waals surface area contributed by atoms with E-state index < -0.39 is 0 Å². The lowest BCUT2D eigenvalue weighted by molar-refractivity contribution is 0.397. The normalized spacial score (nSPS) is 9.11. The molecule has 0 atom stereocenters. The van der Waals surface area contributed by atoms with Gasteiger partial charge in [0.1, 0.15) is 0 Å². The van der Waals surface area contributed by atoms with Crippen LogP contribution in [0, 0.1) is 13.1 Å². The first kappa shape index (κ1) is 6.08. The van der Waals surface area contributed by atoms with E-state index in [9.17, 15) is 0 Å². The van der Waals surface area contributed by atoms with Crippen LogP contribution in [-0.4, -0.2) is 12.1 Å². The minimum absolute atomic E-state index is 0.612. The van der Waals surface area contributed by atoms with E-state index in [1.165, 1.54) is 0 Å². The predicted molar refractivity (Wildman–Crippen MR) is 34.4 cm³/mol. The average Bonchev–Trinajstić information content (AvgIpc) is 1.90. The third-order valence-electron chi connectivity index (χ3n) is 1.03. The fourth-order valence-corrected chi connectivity index (χ4v) is 0.528. The Morgan fingerprint density at radius 3 is 2.78 bits per heavy atom. The van der Waals surface area contributed by atoms with Gasteiger partial charge in [-0.2, -0.15) is 0 Å². The zero-order chi connectivity index (χ0) is 6.69. The van der Waals surface area contributed by atoms with Crippen LogP contribution in [0.5, 0.6) is 5.88 Å². The molecule has 0 aliphatic carbocycles. The second kappa shape index (κ2) is 2.49. The van der Waals surface area contributed by atoms with Crippen molar-refractivity contribution in [1.29, 1.82) is 0 Å². The SMILES string of the molecule is COc1ccc(C)[c]n1. The van der Waals surface area contributed by atoms with E-state index in [1.807, 2.05) is 19.1 Å². The molecule has 1 aromatic heterocycles. The summed E-state index contributed by atoms with van der Waals surface area (Å²) >= 11 is 0. The second-order valence-electron chi connectivity index (χ2n) is 1.78. The summed E-state index contributed by atoms with van der Waals surface area (Å²) in [4.78, 5) is 3.85. The molecule has 1 rings (SSSR count). The summed E-state index contributed by atoms with van der Waals surface area (Å²) in [6, 6.07) is 3.72. The van der Waals surface area contributed by atoms with Crippen LogP contribution in [0.4, 0.5) is 0 Å². The number of methoxy groups -OCH3 is 1. The van der Waals surface area contributed by atoms with Crippen LogP contribution in [-0.2, 0) is 0 Å². The van der Waals surface area contributed by atoms with Crippen LogP contribution in [0.1, 0.15) is 5.56 Å². The number of pyridine rings is 1. The number of hydrogen-bond acceptors (Lipinski definition) is 2. The lowest BCUT2D eigenvalue weighted by Gasteiger charge is -1.95. The van der Waals surface area contributed by atoms with E-state index >= 15 is 0 Å². The number of nitrogens with zero attached hydrogens (tertiary/aromatic N) is 1. The van der Waals surface area contributed by atoms with E-state index in [1.54, 1.807) is 7.11 Å². The van der Waals surface area contributed by atoms with Crippen LogP contribution in [0.3, 0.4) is 0 Å². The molecular formula is C7H8NO. The second-order valence-corrected chi connectivity index (χ2v) is 1.78. The number of hydrogen-bond donors (Lipinski definition) is 0. The van der Waals surface area contributed by atoms with Crippen LogP contribution in [0.15, 0.2) is 12.1 Å². The Kier molecular flexibility index (Phi) is 1.68. The molecule has 0 aliphatic heterocycles. The summed E-state index contributed by atoms with van der Waals surface area (Å²) in [5.41, 5.74) is 1.02. The van der Waals surface area contributed by atoms with Crippen LogP contribution >= 0.6 is 0 Å². The zero-order valence-electron chi connectivity index (χ0n) is 5.51. The molecule has 0 bridgehead atoms. The lowest BCUT2D eigenvalue weighted by atomic mass is 10.3. The highest BCUT2D eigenvalue weighted by molar-refractivity contribution is 5.14. The monoisotopic (exact) mass is 122 g/mol. The first-order valence-corrected chi connectivity index (χ1v) is 2.72. The Bertz CT molecular complexity index is 181. The first-order chi connectivity index (χ1) is 4.33. The van der Waals surface area contributed by atoms with Crippen molar-refractivity contribution in [2.45, 2.75) is 6.92 Å². The highest BCUT2D eigenvalue weighted by atomic mass is 16.5. The predicted octanol–water partition coefficient (Wildman–Crippen LogP) is 1.20. The number of aromatic nitrogens is 1. The molecule has 1 radical (unpaired) electrons. The van der Waals surface area contributed by atoms with E-state index in [4.69, 9.17) is 4.74 Å². The van der Waals surface area contributed by atoms with Gasteiger partial charge in [0, 0.05) is 6.07 Å². The van der Waals surface area contributed by atoms with Crippen molar-refractivity contribution >= 4 is 0 Å². The summed E-state index contributed by atoms with van der Waals surface area (Å²) in [7, 11) is 1.59. The Balaban J connectivity index is 2.88. The molecule has 2 nitrogen and oxygen atoms in total. The molecule has 0 saturated carbocycles. The maximum atomic E-state index is 4.83. The molecule has 0 unspecified atom stereocenters. The third kappa shape index (κ3) is 1.42. The molecule has 0 aliphatic rings. The Morgan fingerprint density at radius 2 is 2.33 bits per heavy atom. The summed E-state index contributed by atoms with van der Waals surface area (Å²) < 4.78 is 4.83. The summed E-state index contributed by atoms with van der Waals surface area (Å²) in [5.74, 6) is 0.612. The van der Waals surface area contributed by atoms with Crippen molar-refractivity contribution < 1.29 is 4.74 Å². The summed E-state index contributed by atoms with van der Waals surface area (Å²) in [6.45, 7) is 1.94. The van der Waals surface area contributed by atoms with E-state index in [0.717, 1.165) is 5.56 Å². The minimum Gasteiger partial charge on any atom is -0.481 e. The van der Waals surface area contributed by atoms with Gasteiger partial charge in [0.15, 0.2) is 0 Å². The fourth-order valence-electron chi connectivity index (χ4n) is 0.528. The molecule has 0 amide bonds.